The molecule has 0 bridgehead atoms. The molecule has 2 atom stereocenters. The highest BCUT2D eigenvalue weighted by Gasteiger charge is 2.31. The summed E-state index contributed by atoms with van der Waals surface area (Å²) in [7, 11) is 3.40. The molecule has 0 heterocycles. The van der Waals surface area contributed by atoms with Crippen molar-refractivity contribution in [2.45, 2.75) is 45.4 Å². The number of ether oxygens (including phenoxy) is 1. The van der Waals surface area contributed by atoms with E-state index >= 15 is 0 Å². The predicted molar refractivity (Wildman–Crippen MR) is 96.3 cm³/mol. The van der Waals surface area contributed by atoms with E-state index in [0.717, 1.165) is 12.8 Å². The van der Waals surface area contributed by atoms with Gasteiger partial charge in [-0.1, -0.05) is 0 Å². The van der Waals surface area contributed by atoms with Crippen LogP contribution in [0.5, 0.6) is 0 Å². The molecule has 144 valence electrons. The van der Waals surface area contributed by atoms with Crippen molar-refractivity contribution < 1.29 is 19.1 Å². The van der Waals surface area contributed by atoms with Gasteiger partial charge in [-0.2, -0.15) is 0 Å². The number of methoxy groups -OCH3 is 1. The number of hydrogen-bond donors (Lipinski definition) is 2. The standard InChI is InChI=1S/C18H33N3O4/c1-4-20-18(24)21(9-6-10-25-3)17(23)15(13-19-2)11-14-7-5-8-16(22)12-14/h14-15,19H,4-13H2,1-3H3,(H,20,24). The van der Waals surface area contributed by atoms with Gasteiger partial charge in [0, 0.05) is 46.2 Å². The second-order valence-corrected chi connectivity index (χ2v) is 6.66. The molecule has 0 aliphatic heterocycles. The lowest BCUT2D eigenvalue weighted by molar-refractivity contribution is -0.134. The van der Waals surface area contributed by atoms with E-state index in [1.165, 1.54) is 4.90 Å². The molecule has 1 aliphatic rings. The van der Waals surface area contributed by atoms with Crippen molar-refractivity contribution in [3.63, 3.8) is 0 Å². The van der Waals surface area contributed by atoms with Crippen molar-refractivity contribution in [3.05, 3.63) is 0 Å². The van der Waals surface area contributed by atoms with Gasteiger partial charge in [0.2, 0.25) is 5.91 Å². The van der Waals surface area contributed by atoms with E-state index in [0.29, 0.717) is 51.9 Å². The lowest BCUT2D eigenvalue weighted by Gasteiger charge is -2.29. The monoisotopic (exact) mass is 355 g/mol. The second kappa shape index (κ2) is 12.0. The fraction of sp³-hybridized carbons (Fsp3) is 0.833. The maximum absolute atomic E-state index is 13.0. The molecule has 7 heteroatoms. The maximum atomic E-state index is 13.0. The number of amides is 3. The summed E-state index contributed by atoms with van der Waals surface area (Å²) in [6.45, 7) is 3.64. The Kier molecular flexibility index (Phi) is 10.3. The molecule has 1 fully saturated rings. The minimum atomic E-state index is -0.357. The van der Waals surface area contributed by atoms with E-state index in [-0.39, 0.29) is 29.6 Å². The number of Topliss-reactive ketones (excluding diaryl/α,β-unsaturated/α-hetero) is 1. The van der Waals surface area contributed by atoms with E-state index in [1.807, 2.05) is 6.92 Å². The molecular formula is C18H33N3O4. The fourth-order valence-corrected chi connectivity index (χ4v) is 3.38. The highest BCUT2D eigenvalue weighted by atomic mass is 16.5. The maximum Gasteiger partial charge on any atom is 0.324 e. The summed E-state index contributed by atoms with van der Waals surface area (Å²) in [4.78, 5) is 38.3. The number of imide groups is 1. The SMILES string of the molecule is CCNC(=O)N(CCCOC)C(=O)C(CNC)CC1CCCC(=O)C1. The number of rotatable bonds is 10. The van der Waals surface area contributed by atoms with E-state index in [1.54, 1.807) is 14.2 Å². The van der Waals surface area contributed by atoms with Crippen molar-refractivity contribution in [1.82, 2.24) is 15.5 Å². The number of carbonyl (C=O) groups is 3. The average Bonchev–Trinajstić information content (AvgIpc) is 2.58. The van der Waals surface area contributed by atoms with Crippen LogP contribution >= 0.6 is 0 Å². The summed E-state index contributed by atoms with van der Waals surface area (Å²) >= 11 is 0. The van der Waals surface area contributed by atoms with E-state index in [9.17, 15) is 14.4 Å². The van der Waals surface area contributed by atoms with Crippen LogP contribution in [0, 0.1) is 11.8 Å². The fourth-order valence-electron chi connectivity index (χ4n) is 3.38. The molecule has 0 saturated heterocycles. The van der Waals surface area contributed by atoms with Gasteiger partial charge < -0.3 is 15.4 Å². The first-order chi connectivity index (χ1) is 12.0. The minimum Gasteiger partial charge on any atom is -0.385 e. The third-order valence-electron chi connectivity index (χ3n) is 4.57. The number of hydrogen-bond acceptors (Lipinski definition) is 5. The Morgan fingerprint density at radius 2 is 2.16 bits per heavy atom. The van der Waals surface area contributed by atoms with E-state index < -0.39 is 0 Å². The van der Waals surface area contributed by atoms with Gasteiger partial charge in [0.15, 0.2) is 0 Å². The molecule has 0 aromatic carbocycles. The first-order valence-electron chi connectivity index (χ1n) is 9.27. The van der Waals surface area contributed by atoms with Crippen LogP contribution in [-0.2, 0) is 14.3 Å². The molecule has 2 N–H and O–H groups in total. The van der Waals surface area contributed by atoms with Crippen LogP contribution in [-0.4, -0.2) is 63.0 Å². The second-order valence-electron chi connectivity index (χ2n) is 6.66. The van der Waals surface area contributed by atoms with Crippen molar-refractivity contribution in [2.24, 2.45) is 11.8 Å². The van der Waals surface area contributed by atoms with E-state index in [4.69, 9.17) is 4.74 Å². The summed E-state index contributed by atoms with van der Waals surface area (Å²) in [5.74, 6) is 0.0478. The molecule has 7 nitrogen and oxygen atoms in total. The topological polar surface area (TPSA) is 87.7 Å². The molecule has 2 unspecified atom stereocenters. The third kappa shape index (κ3) is 7.52. The smallest absolute Gasteiger partial charge is 0.324 e. The van der Waals surface area contributed by atoms with Crippen LogP contribution in [0.1, 0.15) is 45.4 Å². The van der Waals surface area contributed by atoms with Crippen LogP contribution in [0.25, 0.3) is 0 Å². The van der Waals surface area contributed by atoms with Crippen molar-refractivity contribution in [3.8, 4) is 0 Å². The van der Waals surface area contributed by atoms with Gasteiger partial charge in [0.25, 0.3) is 0 Å². The molecule has 3 amide bonds. The molecule has 1 saturated carbocycles. The summed E-state index contributed by atoms with van der Waals surface area (Å²) in [6, 6.07) is -0.357. The first kappa shape index (κ1) is 21.6. The van der Waals surface area contributed by atoms with E-state index in [2.05, 4.69) is 10.6 Å². The highest BCUT2D eigenvalue weighted by molar-refractivity contribution is 5.95. The third-order valence-corrected chi connectivity index (χ3v) is 4.57. The van der Waals surface area contributed by atoms with Crippen LogP contribution in [0.2, 0.25) is 0 Å². The normalized spacial score (nSPS) is 18.7. The predicted octanol–water partition coefficient (Wildman–Crippen LogP) is 1.57. The minimum absolute atomic E-state index is 0.172. The largest absolute Gasteiger partial charge is 0.385 e. The van der Waals surface area contributed by atoms with Crippen LogP contribution in [0.15, 0.2) is 0 Å². The average molecular weight is 355 g/mol. The van der Waals surface area contributed by atoms with Gasteiger partial charge in [-0.05, 0) is 45.6 Å². The van der Waals surface area contributed by atoms with Crippen molar-refractivity contribution >= 4 is 17.7 Å². The Labute approximate surface area is 150 Å². The van der Waals surface area contributed by atoms with Crippen molar-refractivity contribution in [2.75, 3.05) is 40.4 Å². The zero-order chi connectivity index (χ0) is 18.7. The lowest BCUT2D eigenvalue weighted by atomic mass is 9.81. The highest BCUT2D eigenvalue weighted by Crippen LogP contribution is 2.28. The summed E-state index contributed by atoms with van der Waals surface area (Å²) < 4.78 is 5.03. The molecule has 1 aliphatic carbocycles. The lowest BCUT2D eigenvalue weighted by Crippen LogP contribution is -2.49. The molecule has 25 heavy (non-hydrogen) atoms. The number of carbonyl (C=O) groups excluding carboxylic acids is 3. The zero-order valence-electron chi connectivity index (χ0n) is 15.8. The van der Waals surface area contributed by atoms with Gasteiger partial charge in [0.05, 0.1) is 5.92 Å². The first-order valence-corrected chi connectivity index (χ1v) is 9.27. The van der Waals surface area contributed by atoms with Crippen molar-refractivity contribution in [1.29, 1.82) is 0 Å². The number of nitrogens with one attached hydrogen (secondary N) is 2. The summed E-state index contributed by atoms with van der Waals surface area (Å²) in [5.41, 5.74) is 0. The van der Waals surface area contributed by atoms with Gasteiger partial charge in [0.1, 0.15) is 5.78 Å². The number of ketones is 1. The molecule has 1 rings (SSSR count). The molecule has 0 radical (unpaired) electrons. The van der Waals surface area contributed by atoms with Gasteiger partial charge in [-0.3, -0.25) is 14.5 Å². The molecule has 0 aromatic rings. The Bertz CT molecular complexity index is 442. The molecular weight excluding hydrogens is 322 g/mol. The van der Waals surface area contributed by atoms with Gasteiger partial charge in [-0.15, -0.1) is 0 Å². The number of urea groups is 1. The molecule has 0 spiro atoms. The molecule has 0 aromatic heterocycles. The van der Waals surface area contributed by atoms with Crippen LogP contribution in [0.4, 0.5) is 4.79 Å². The Morgan fingerprint density at radius 1 is 1.40 bits per heavy atom. The zero-order valence-corrected chi connectivity index (χ0v) is 15.8. The van der Waals surface area contributed by atoms with Crippen LogP contribution in [0.3, 0.4) is 0 Å². The Morgan fingerprint density at radius 3 is 2.76 bits per heavy atom. The van der Waals surface area contributed by atoms with Crippen LogP contribution < -0.4 is 10.6 Å². The quantitative estimate of drug-likeness (QED) is 0.581. The summed E-state index contributed by atoms with van der Waals surface area (Å²) in [5, 5.41) is 5.77. The Balaban J connectivity index is 2.78. The number of nitrogens with zero attached hydrogens (tertiary/aromatic N) is 1. The Hall–Kier alpha value is -1.47. The van der Waals surface area contributed by atoms with Gasteiger partial charge in [-0.25, -0.2) is 4.79 Å². The van der Waals surface area contributed by atoms with Gasteiger partial charge >= 0.3 is 6.03 Å². The summed E-state index contributed by atoms with van der Waals surface area (Å²) in [6.07, 6.45) is 4.34.